The highest BCUT2D eigenvalue weighted by Crippen LogP contribution is 2.61. The fourth-order valence-corrected chi connectivity index (χ4v) is 8.10. The summed E-state index contributed by atoms with van der Waals surface area (Å²) in [6.07, 6.45) is 10.1. The standard InChI is InChI=1S/C30H32BrN3O3/c1-17-4-2-3-5-22(17)27-33-25(8-9-30-14-18-10-19(15-30)12-20(11-18)16-30)26(34-27)28(35)32-21-6-7-24(31)23(13-21)29(36)37/h2-7,13,18-20H,8-12,14-16H2,1H3,(H,32,35)(H,33,34)(H,36,37). The minimum Gasteiger partial charge on any atom is -0.478 e. The fraction of sp³-hybridized carbons (Fsp3) is 0.433. The van der Waals surface area contributed by atoms with Crippen LogP contribution in [0.25, 0.3) is 11.4 Å². The van der Waals surface area contributed by atoms with Gasteiger partial charge in [0.1, 0.15) is 11.5 Å². The summed E-state index contributed by atoms with van der Waals surface area (Å²) in [6.45, 7) is 2.04. The molecule has 6 nitrogen and oxygen atoms in total. The van der Waals surface area contributed by atoms with Gasteiger partial charge in [0.05, 0.1) is 5.56 Å². The van der Waals surface area contributed by atoms with Crippen LogP contribution in [0.4, 0.5) is 5.69 Å². The Bertz CT molecular complexity index is 1340. The van der Waals surface area contributed by atoms with Gasteiger partial charge in [0.2, 0.25) is 0 Å². The number of aryl methyl sites for hydroxylation is 2. The van der Waals surface area contributed by atoms with E-state index in [9.17, 15) is 14.7 Å². The van der Waals surface area contributed by atoms with Crippen molar-refractivity contribution in [1.29, 1.82) is 0 Å². The molecule has 37 heavy (non-hydrogen) atoms. The predicted molar refractivity (Wildman–Crippen MR) is 147 cm³/mol. The average molecular weight is 563 g/mol. The van der Waals surface area contributed by atoms with Crippen molar-refractivity contribution in [3.8, 4) is 11.4 Å². The number of H-pyrrole nitrogens is 1. The number of amides is 1. The van der Waals surface area contributed by atoms with E-state index in [1.807, 2.05) is 31.2 Å². The molecular formula is C30H32BrN3O3. The molecular weight excluding hydrogens is 530 g/mol. The van der Waals surface area contributed by atoms with Crippen molar-refractivity contribution in [3.63, 3.8) is 0 Å². The second-order valence-corrected chi connectivity index (χ2v) is 12.5. The van der Waals surface area contributed by atoms with Gasteiger partial charge in [-0.15, -0.1) is 0 Å². The Kier molecular flexibility index (Phi) is 6.22. The SMILES string of the molecule is Cc1ccccc1-c1nc(C(=O)Nc2ccc(Br)c(C(=O)O)c2)c(CCC23CC4CC(CC(C4)C2)C3)[nH]1. The molecule has 192 valence electrons. The summed E-state index contributed by atoms with van der Waals surface area (Å²) in [7, 11) is 0. The molecule has 4 saturated carbocycles. The van der Waals surface area contributed by atoms with E-state index < -0.39 is 5.97 Å². The largest absolute Gasteiger partial charge is 0.478 e. The number of nitrogens with one attached hydrogen (secondary N) is 2. The molecule has 3 aromatic rings. The number of aromatic carboxylic acids is 1. The molecule has 0 atom stereocenters. The lowest BCUT2D eigenvalue weighted by Crippen LogP contribution is -2.46. The molecule has 0 radical (unpaired) electrons. The highest BCUT2D eigenvalue weighted by atomic mass is 79.9. The van der Waals surface area contributed by atoms with Crippen LogP contribution in [0, 0.1) is 30.1 Å². The lowest BCUT2D eigenvalue weighted by Gasteiger charge is -2.57. The van der Waals surface area contributed by atoms with Crippen molar-refractivity contribution in [2.45, 2.75) is 58.3 Å². The molecule has 0 spiro atoms. The predicted octanol–water partition coefficient (Wildman–Crippen LogP) is 7.25. The number of aromatic amines is 1. The van der Waals surface area contributed by atoms with Crippen molar-refractivity contribution >= 4 is 33.5 Å². The molecule has 0 aliphatic heterocycles. The van der Waals surface area contributed by atoms with Gasteiger partial charge in [0, 0.05) is 21.4 Å². The number of carbonyl (C=O) groups excluding carboxylic acids is 1. The maximum absolute atomic E-state index is 13.5. The van der Waals surface area contributed by atoms with Crippen LogP contribution in [0.5, 0.6) is 0 Å². The summed E-state index contributed by atoms with van der Waals surface area (Å²) in [4.78, 5) is 33.4. The van der Waals surface area contributed by atoms with E-state index in [2.05, 4.69) is 26.2 Å². The van der Waals surface area contributed by atoms with Gasteiger partial charge in [-0.3, -0.25) is 4.79 Å². The van der Waals surface area contributed by atoms with Crippen LogP contribution in [-0.4, -0.2) is 27.0 Å². The van der Waals surface area contributed by atoms with Crippen molar-refractivity contribution < 1.29 is 14.7 Å². The van der Waals surface area contributed by atoms with Crippen LogP contribution < -0.4 is 5.32 Å². The lowest BCUT2D eigenvalue weighted by atomic mass is 9.48. The summed E-state index contributed by atoms with van der Waals surface area (Å²) >= 11 is 3.27. The molecule has 0 saturated heterocycles. The summed E-state index contributed by atoms with van der Waals surface area (Å²) in [5.41, 5.74) is 4.26. The second kappa shape index (κ2) is 9.43. The first-order chi connectivity index (χ1) is 17.8. The third kappa shape index (κ3) is 4.74. The summed E-state index contributed by atoms with van der Waals surface area (Å²) < 4.78 is 0.468. The monoisotopic (exact) mass is 561 g/mol. The average Bonchev–Trinajstić information content (AvgIpc) is 3.28. The number of benzene rings is 2. The van der Waals surface area contributed by atoms with E-state index in [1.165, 1.54) is 44.6 Å². The third-order valence-electron chi connectivity index (χ3n) is 8.92. The fourth-order valence-electron chi connectivity index (χ4n) is 7.69. The first kappa shape index (κ1) is 24.4. The van der Waals surface area contributed by atoms with Crippen LogP contribution in [-0.2, 0) is 6.42 Å². The zero-order valence-corrected chi connectivity index (χ0v) is 22.6. The van der Waals surface area contributed by atoms with Crippen LogP contribution >= 0.6 is 15.9 Å². The number of aromatic nitrogens is 2. The smallest absolute Gasteiger partial charge is 0.336 e. The Morgan fingerprint density at radius 1 is 1.08 bits per heavy atom. The molecule has 7 rings (SSSR count). The Morgan fingerprint density at radius 2 is 1.76 bits per heavy atom. The molecule has 4 aliphatic carbocycles. The summed E-state index contributed by atoms with van der Waals surface area (Å²) in [5.74, 6) is 1.99. The van der Waals surface area contributed by atoms with Gasteiger partial charge in [-0.1, -0.05) is 24.3 Å². The molecule has 1 aromatic heterocycles. The second-order valence-electron chi connectivity index (χ2n) is 11.6. The van der Waals surface area contributed by atoms with E-state index in [0.29, 0.717) is 27.1 Å². The number of imidazole rings is 1. The number of hydrogen-bond acceptors (Lipinski definition) is 3. The lowest BCUT2D eigenvalue weighted by molar-refractivity contribution is -0.0570. The first-order valence-corrected chi connectivity index (χ1v) is 14.1. The molecule has 1 heterocycles. The number of nitrogens with zero attached hydrogens (tertiary/aromatic N) is 1. The minimum absolute atomic E-state index is 0.0995. The number of carboxylic acids is 1. The maximum Gasteiger partial charge on any atom is 0.336 e. The van der Waals surface area contributed by atoms with Crippen LogP contribution in [0.2, 0.25) is 0 Å². The van der Waals surface area contributed by atoms with Gasteiger partial charge in [-0.2, -0.15) is 0 Å². The number of halogens is 1. The molecule has 4 fully saturated rings. The normalized spacial score (nSPS) is 25.8. The molecule has 3 N–H and O–H groups in total. The number of hydrogen-bond donors (Lipinski definition) is 3. The van der Waals surface area contributed by atoms with Crippen molar-refractivity contribution in [2.24, 2.45) is 23.2 Å². The number of carboxylic acid groups (broad SMARTS) is 1. The van der Waals surface area contributed by atoms with Crippen molar-refractivity contribution in [1.82, 2.24) is 9.97 Å². The molecule has 7 heteroatoms. The number of carbonyl (C=O) groups is 2. The summed E-state index contributed by atoms with van der Waals surface area (Å²) in [6, 6.07) is 12.8. The number of anilines is 1. The first-order valence-electron chi connectivity index (χ1n) is 13.3. The summed E-state index contributed by atoms with van der Waals surface area (Å²) in [5, 5.41) is 12.4. The molecule has 1 amide bonds. The molecule has 4 bridgehead atoms. The minimum atomic E-state index is -1.05. The van der Waals surface area contributed by atoms with E-state index in [4.69, 9.17) is 4.98 Å². The van der Waals surface area contributed by atoms with Gasteiger partial charge in [-0.25, -0.2) is 9.78 Å². The molecule has 2 aromatic carbocycles. The van der Waals surface area contributed by atoms with Crippen molar-refractivity contribution in [3.05, 3.63) is 69.5 Å². The highest BCUT2D eigenvalue weighted by molar-refractivity contribution is 9.10. The van der Waals surface area contributed by atoms with Gasteiger partial charge in [-0.05, 0) is 121 Å². The van der Waals surface area contributed by atoms with Gasteiger partial charge in [0.25, 0.3) is 5.91 Å². The quantitative estimate of drug-likeness (QED) is 0.283. The Labute approximate surface area is 225 Å². The van der Waals surface area contributed by atoms with Gasteiger partial charge in [0.15, 0.2) is 0 Å². The highest BCUT2D eigenvalue weighted by Gasteiger charge is 2.50. The van der Waals surface area contributed by atoms with E-state index in [-0.39, 0.29) is 11.5 Å². The van der Waals surface area contributed by atoms with Gasteiger partial charge >= 0.3 is 5.97 Å². The van der Waals surface area contributed by atoms with Crippen molar-refractivity contribution in [2.75, 3.05) is 5.32 Å². The Hall–Kier alpha value is -2.93. The maximum atomic E-state index is 13.5. The topological polar surface area (TPSA) is 95.1 Å². The van der Waals surface area contributed by atoms with Crippen LogP contribution in [0.15, 0.2) is 46.9 Å². The molecule has 0 unspecified atom stereocenters. The van der Waals surface area contributed by atoms with E-state index >= 15 is 0 Å². The third-order valence-corrected chi connectivity index (χ3v) is 9.61. The zero-order valence-electron chi connectivity index (χ0n) is 21.0. The molecule has 4 aliphatic rings. The van der Waals surface area contributed by atoms with Crippen LogP contribution in [0.1, 0.15) is 77.0 Å². The van der Waals surface area contributed by atoms with E-state index in [0.717, 1.165) is 47.4 Å². The number of rotatable bonds is 7. The van der Waals surface area contributed by atoms with Gasteiger partial charge < -0.3 is 15.4 Å². The Morgan fingerprint density at radius 3 is 2.41 bits per heavy atom. The van der Waals surface area contributed by atoms with E-state index in [1.54, 1.807) is 12.1 Å². The Balaban J connectivity index is 1.29. The zero-order chi connectivity index (χ0) is 25.7. The van der Waals surface area contributed by atoms with Crippen LogP contribution in [0.3, 0.4) is 0 Å².